The third kappa shape index (κ3) is 3.62. The molecule has 1 amide bonds. The van der Waals surface area contributed by atoms with Gasteiger partial charge in [0, 0.05) is 33.6 Å². The lowest BCUT2D eigenvalue weighted by Crippen LogP contribution is -2.24. The minimum absolute atomic E-state index is 0.0160. The molecule has 3 N–H and O–H groups in total. The molecule has 1 fully saturated rings. The summed E-state index contributed by atoms with van der Waals surface area (Å²) in [7, 11) is 0. The molecule has 1 aliphatic rings. The second kappa shape index (κ2) is 7.17. The second-order valence-corrected chi connectivity index (χ2v) is 8.76. The Hall–Kier alpha value is -3.78. The number of H-pyrrole nitrogens is 1. The van der Waals surface area contributed by atoms with Crippen LogP contribution in [0.2, 0.25) is 0 Å². The number of carbonyl (C=O) groups is 1. The zero-order valence-electron chi connectivity index (χ0n) is 16.4. The van der Waals surface area contributed by atoms with E-state index in [1.54, 1.807) is 12.4 Å². The Morgan fingerprint density at radius 1 is 1.06 bits per heavy atom. The molecule has 31 heavy (non-hydrogen) atoms. The molecule has 2 aromatic carbocycles. The predicted octanol–water partition coefficient (Wildman–Crippen LogP) is 4.87. The van der Waals surface area contributed by atoms with Crippen molar-refractivity contribution in [1.82, 2.24) is 25.5 Å². The van der Waals surface area contributed by atoms with Gasteiger partial charge in [0.25, 0.3) is 5.91 Å². The van der Waals surface area contributed by atoms with Crippen LogP contribution in [0.25, 0.3) is 32.4 Å². The molecular weight excluding hydrogens is 408 g/mol. The fourth-order valence-corrected chi connectivity index (χ4v) is 4.51. The van der Waals surface area contributed by atoms with Crippen molar-refractivity contribution in [2.24, 2.45) is 0 Å². The van der Waals surface area contributed by atoms with Crippen LogP contribution in [0.15, 0.2) is 60.9 Å². The van der Waals surface area contributed by atoms with Crippen LogP contribution in [0.1, 0.15) is 22.5 Å². The van der Waals surface area contributed by atoms with E-state index in [1.165, 1.54) is 11.3 Å². The number of nitrogens with one attached hydrogen (secondary N) is 3. The van der Waals surface area contributed by atoms with Crippen molar-refractivity contribution in [1.29, 1.82) is 0 Å². The monoisotopic (exact) mass is 426 g/mol. The van der Waals surface area contributed by atoms with Crippen molar-refractivity contribution < 1.29 is 4.79 Å². The molecule has 1 saturated carbocycles. The van der Waals surface area contributed by atoms with Gasteiger partial charge in [0.1, 0.15) is 5.82 Å². The molecule has 0 radical (unpaired) electrons. The maximum absolute atomic E-state index is 12.4. The minimum Gasteiger partial charge on any atom is -0.349 e. The van der Waals surface area contributed by atoms with Crippen LogP contribution in [0.3, 0.4) is 0 Å². The van der Waals surface area contributed by atoms with E-state index in [9.17, 15) is 4.79 Å². The number of carbonyl (C=O) groups excluding carboxylic acids is 1. The average molecular weight is 427 g/mol. The summed E-state index contributed by atoms with van der Waals surface area (Å²) in [5.74, 6) is 1.36. The number of rotatable bonds is 5. The summed E-state index contributed by atoms with van der Waals surface area (Å²) in [6.07, 6.45) is 5.70. The van der Waals surface area contributed by atoms with Crippen LogP contribution in [0.4, 0.5) is 11.5 Å². The number of benzene rings is 2. The third-order valence-electron chi connectivity index (χ3n) is 5.28. The van der Waals surface area contributed by atoms with E-state index in [2.05, 4.69) is 30.8 Å². The minimum atomic E-state index is 0.0160. The molecule has 0 unspecified atom stereocenters. The Kier molecular flexibility index (Phi) is 4.17. The number of aromatic nitrogens is 4. The van der Waals surface area contributed by atoms with Crippen molar-refractivity contribution in [3.63, 3.8) is 0 Å². The van der Waals surface area contributed by atoms with E-state index in [-0.39, 0.29) is 5.91 Å². The fraction of sp³-hybridized carbons (Fsp3) is 0.130. The van der Waals surface area contributed by atoms with E-state index in [4.69, 9.17) is 0 Å². The smallest absolute Gasteiger partial charge is 0.261 e. The topological polar surface area (TPSA) is 95.6 Å². The van der Waals surface area contributed by atoms with Gasteiger partial charge in [-0.3, -0.25) is 9.89 Å². The molecule has 0 saturated heterocycles. The van der Waals surface area contributed by atoms with E-state index >= 15 is 0 Å². The van der Waals surface area contributed by atoms with Crippen molar-refractivity contribution in [2.75, 3.05) is 5.32 Å². The standard InChI is InChI=1S/C23H18N6OS/c30-23(27-16-3-4-16)20-10-13-1-2-14(11-19(13)31-20)22-24-8-7-21(28-22)26-17-5-6-18-15(9-17)12-25-29-18/h1-2,5-12,16H,3-4H2,(H,25,29)(H,27,30)(H,24,26,28). The average Bonchev–Trinajstić information content (AvgIpc) is 3.30. The number of thiophene rings is 1. The van der Waals surface area contributed by atoms with Crippen molar-refractivity contribution in [3.8, 4) is 11.4 Å². The summed E-state index contributed by atoms with van der Waals surface area (Å²) >= 11 is 1.50. The molecule has 0 bridgehead atoms. The Bertz CT molecular complexity index is 1430. The first-order valence-electron chi connectivity index (χ1n) is 10.1. The largest absolute Gasteiger partial charge is 0.349 e. The molecule has 7 nitrogen and oxygen atoms in total. The number of hydrogen-bond donors (Lipinski definition) is 3. The molecule has 8 heteroatoms. The summed E-state index contributed by atoms with van der Waals surface area (Å²) < 4.78 is 1.05. The van der Waals surface area contributed by atoms with Gasteiger partial charge in [0.2, 0.25) is 0 Å². The first kappa shape index (κ1) is 18.0. The lowest BCUT2D eigenvalue weighted by Gasteiger charge is -2.07. The van der Waals surface area contributed by atoms with Gasteiger partial charge >= 0.3 is 0 Å². The van der Waals surface area contributed by atoms with Crippen molar-refractivity contribution in [3.05, 3.63) is 65.8 Å². The third-order valence-corrected chi connectivity index (χ3v) is 6.38. The zero-order valence-corrected chi connectivity index (χ0v) is 17.2. The second-order valence-electron chi connectivity index (χ2n) is 7.67. The summed E-state index contributed by atoms with van der Waals surface area (Å²) in [6.45, 7) is 0. The highest BCUT2D eigenvalue weighted by atomic mass is 32.1. The van der Waals surface area contributed by atoms with Crippen LogP contribution in [-0.2, 0) is 0 Å². The zero-order chi connectivity index (χ0) is 20.8. The van der Waals surface area contributed by atoms with Crippen molar-refractivity contribution in [2.45, 2.75) is 18.9 Å². The van der Waals surface area contributed by atoms with E-state index in [1.807, 2.05) is 48.5 Å². The SMILES string of the molecule is O=C(NC1CC1)c1cc2ccc(-c3nccc(Nc4ccc5[nH]ncc5c4)n3)cc2s1. The van der Waals surface area contributed by atoms with Gasteiger partial charge in [0.05, 0.1) is 16.6 Å². The highest BCUT2D eigenvalue weighted by Crippen LogP contribution is 2.31. The number of aromatic amines is 1. The molecule has 3 aromatic heterocycles. The van der Waals surface area contributed by atoms with Crippen molar-refractivity contribution >= 4 is 49.7 Å². The van der Waals surface area contributed by atoms with Gasteiger partial charge < -0.3 is 10.6 Å². The first-order valence-corrected chi connectivity index (χ1v) is 10.9. The molecule has 0 atom stereocenters. The van der Waals surface area contributed by atoms with E-state index in [0.29, 0.717) is 17.7 Å². The molecule has 0 aliphatic heterocycles. The molecule has 6 rings (SSSR count). The van der Waals surface area contributed by atoms with E-state index < -0.39 is 0 Å². The quantitative estimate of drug-likeness (QED) is 0.373. The van der Waals surface area contributed by atoms with Gasteiger partial charge in [-0.2, -0.15) is 5.10 Å². The van der Waals surface area contributed by atoms with Gasteiger partial charge in [-0.25, -0.2) is 9.97 Å². The van der Waals surface area contributed by atoms with Crippen LogP contribution in [0, 0.1) is 0 Å². The summed E-state index contributed by atoms with van der Waals surface area (Å²) in [6, 6.07) is 16.2. The number of fused-ring (bicyclic) bond motifs is 2. The lowest BCUT2D eigenvalue weighted by molar-refractivity contribution is 0.0955. The number of hydrogen-bond acceptors (Lipinski definition) is 6. The Labute approximate surface area is 181 Å². The van der Waals surface area contributed by atoms with Crippen LogP contribution < -0.4 is 10.6 Å². The maximum atomic E-state index is 12.4. The van der Waals surface area contributed by atoms with E-state index in [0.717, 1.165) is 50.0 Å². The highest BCUT2D eigenvalue weighted by Gasteiger charge is 2.24. The molecule has 1 aliphatic carbocycles. The Balaban J connectivity index is 1.27. The Morgan fingerprint density at radius 3 is 2.90 bits per heavy atom. The van der Waals surface area contributed by atoms with Crippen LogP contribution >= 0.6 is 11.3 Å². The number of amides is 1. The molecule has 0 spiro atoms. The highest BCUT2D eigenvalue weighted by molar-refractivity contribution is 7.20. The van der Waals surface area contributed by atoms with Crippen LogP contribution in [-0.4, -0.2) is 32.1 Å². The summed E-state index contributed by atoms with van der Waals surface area (Å²) in [5.41, 5.74) is 2.83. The molecule has 152 valence electrons. The lowest BCUT2D eigenvalue weighted by atomic mass is 10.1. The summed E-state index contributed by atoms with van der Waals surface area (Å²) in [5, 5.41) is 15.5. The number of anilines is 2. The van der Waals surface area contributed by atoms with Gasteiger partial charge in [-0.05, 0) is 54.6 Å². The van der Waals surface area contributed by atoms with Crippen LogP contribution in [0.5, 0.6) is 0 Å². The maximum Gasteiger partial charge on any atom is 0.261 e. The van der Waals surface area contributed by atoms with Gasteiger partial charge in [0.15, 0.2) is 5.82 Å². The Morgan fingerprint density at radius 2 is 2.00 bits per heavy atom. The molecule has 5 aromatic rings. The van der Waals surface area contributed by atoms with Gasteiger partial charge in [-0.1, -0.05) is 12.1 Å². The number of nitrogens with zero attached hydrogens (tertiary/aromatic N) is 3. The molecular formula is C23H18N6OS. The first-order chi connectivity index (χ1) is 15.2. The van der Waals surface area contributed by atoms with Gasteiger partial charge in [-0.15, -0.1) is 11.3 Å². The predicted molar refractivity (Wildman–Crippen MR) is 123 cm³/mol. The normalized spacial score (nSPS) is 13.5. The molecule has 3 heterocycles. The summed E-state index contributed by atoms with van der Waals surface area (Å²) in [4.78, 5) is 22.2. The fourth-order valence-electron chi connectivity index (χ4n) is 3.50.